The molecule has 1 atom stereocenters. The molecule has 1 aliphatic rings. The van der Waals surface area contributed by atoms with Crippen molar-refractivity contribution in [2.24, 2.45) is 0 Å². The Kier molecular flexibility index (Phi) is 6.41. The van der Waals surface area contributed by atoms with Gasteiger partial charge in [-0.1, -0.05) is 12.2 Å². The van der Waals surface area contributed by atoms with Gasteiger partial charge in [-0.15, -0.1) is 0 Å². The number of phenols is 1. The lowest BCUT2D eigenvalue weighted by molar-refractivity contribution is -0.119. The quantitative estimate of drug-likeness (QED) is 0.790. The van der Waals surface area contributed by atoms with Gasteiger partial charge < -0.3 is 14.6 Å². The summed E-state index contributed by atoms with van der Waals surface area (Å²) in [5, 5.41) is 10.2. The summed E-state index contributed by atoms with van der Waals surface area (Å²) in [7, 11) is 1.50. The van der Waals surface area contributed by atoms with Gasteiger partial charge in [0.25, 0.3) is 0 Å². The molecule has 2 rings (SSSR count). The fourth-order valence-electron chi connectivity index (χ4n) is 2.73. The number of hydrogen-bond acceptors (Lipinski definition) is 5. The molecule has 5 heteroatoms. The first kappa shape index (κ1) is 18.0. The largest absolute Gasteiger partial charge is 0.507 e. The first-order valence-corrected chi connectivity index (χ1v) is 8.31. The van der Waals surface area contributed by atoms with Crippen LogP contribution in [0.15, 0.2) is 18.2 Å². The molecule has 0 saturated heterocycles. The van der Waals surface area contributed by atoms with Gasteiger partial charge in [-0.05, 0) is 44.2 Å². The number of aromatic hydroxyl groups is 1. The van der Waals surface area contributed by atoms with Crippen LogP contribution in [0.4, 0.5) is 0 Å². The van der Waals surface area contributed by atoms with Crippen molar-refractivity contribution < 1.29 is 24.2 Å². The molecule has 0 aromatic heterocycles. The number of cyclic esters (lactones) is 1. The average Bonchev–Trinajstić information content (AvgIpc) is 2.53. The van der Waals surface area contributed by atoms with Crippen LogP contribution in [0.5, 0.6) is 11.5 Å². The summed E-state index contributed by atoms with van der Waals surface area (Å²) < 4.78 is 10.6. The number of carbonyl (C=O) groups excluding carboxylic acids is 2. The Morgan fingerprint density at radius 1 is 1.21 bits per heavy atom. The summed E-state index contributed by atoms with van der Waals surface area (Å²) >= 11 is 0. The average molecular weight is 332 g/mol. The molecule has 0 bridgehead atoms. The van der Waals surface area contributed by atoms with Gasteiger partial charge in [0, 0.05) is 18.9 Å². The zero-order chi connectivity index (χ0) is 17.5. The van der Waals surface area contributed by atoms with Crippen LogP contribution < -0.4 is 4.74 Å². The van der Waals surface area contributed by atoms with E-state index in [1.54, 1.807) is 19.1 Å². The number of methoxy groups -OCH3 is 1. The second-order valence-electron chi connectivity index (χ2n) is 6.05. The minimum atomic E-state index is -0.564. The second kappa shape index (κ2) is 8.52. The number of Topliss-reactive ketones (excluding diaryl/α,β-unsaturated/α-hetero) is 1. The molecule has 1 aliphatic heterocycles. The zero-order valence-corrected chi connectivity index (χ0v) is 14.2. The predicted molar refractivity (Wildman–Crippen MR) is 91.3 cm³/mol. The highest BCUT2D eigenvalue weighted by Gasteiger charge is 2.21. The van der Waals surface area contributed by atoms with E-state index in [4.69, 9.17) is 9.47 Å². The van der Waals surface area contributed by atoms with Crippen LogP contribution >= 0.6 is 0 Å². The van der Waals surface area contributed by atoms with E-state index in [9.17, 15) is 14.7 Å². The number of fused-ring (bicyclic) bond motifs is 1. The molecule has 130 valence electrons. The Labute approximate surface area is 142 Å². The van der Waals surface area contributed by atoms with Crippen LogP contribution in [0.1, 0.15) is 61.4 Å². The van der Waals surface area contributed by atoms with Crippen molar-refractivity contribution in [2.45, 2.75) is 51.6 Å². The molecule has 0 unspecified atom stereocenters. The van der Waals surface area contributed by atoms with Crippen molar-refractivity contribution in [3.05, 3.63) is 29.3 Å². The van der Waals surface area contributed by atoms with Gasteiger partial charge >= 0.3 is 5.97 Å². The van der Waals surface area contributed by atoms with Crippen molar-refractivity contribution in [1.82, 2.24) is 0 Å². The third-order valence-corrected chi connectivity index (χ3v) is 4.06. The summed E-state index contributed by atoms with van der Waals surface area (Å²) in [6.45, 7) is 1.80. The summed E-state index contributed by atoms with van der Waals surface area (Å²) in [4.78, 5) is 24.2. The van der Waals surface area contributed by atoms with E-state index in [0.29, 0.717) is 37.0 Å². The number of rotatable bonds is 1. The van der Waals surface area contributed by atoms with E-state index in [-0.39, 0.29) is 23.2 Å². The number of esters is 1. The first-order chi connectivity index (χ1) is 11.5. The molecular formula is C19H24O5. The Morgan fingerprint density at radius 3 is 2.71 bits per heavy atom. The van der Waals surface area contributed by atoms with Gasteiger partial charge in [-0.3, -0.25) is 4.79 Å². The summed E-state index contributed by atoms with van der Waals surface area (Å²) in [5.41, 5.74) is 0.694. The molecule has 0 fully saturated rings. The molecule has 0 radical (unpaired) electrons. The Hall–Kier alpha value is -2.30. The van der Waals surface area contributed by atoms with Crippen LogP contribution in [0, 0.1) is 0 Å². The zero-order valence-electron chi connectivity index (χ0n) is 14.2. The highest BCUT2D eigenvalue weighted by atomic mass is 16.5. The normalized spacial score (nSPS) is 20.0. The molecule has 5 nitrogen and oxygen atoms in total. The monoisotopic (exact) mass is 332 g/mol. The standard InChI is InChI=1S/C19H24O5/c1-13-7-6-10-15(20)9-5-3-4-8-14-11-16(23-2)12-17(21)18(14)19(22)24-13/h4,8,11-13,21H,3,5-7,9-10H2,1-2H3/t13-/m0/s1. The van der Waals surface area contributed by atoms with Crippen LogP contribution in [-0.4, -0.2) is 30.1 Å². The number of phenolic OH excluding ortho intramolecular Hbond substituents is 1. The third kappa shape index (κ3) is 4.85. The maximum Gasteiger partial charge on any atom is 0.342 e. The van der Waals surface area contributed by atoms with Crippen molar-refractivity contribution in [2.75, 3.05) is 7.11 Å². The van der Waals surface area contributed by atoms with Gasteiger partial charge in [0.2, 0.25) is 0 Å². The predicted octanol–water partition coefficient (Wildman–Crippen LogP) is 3.88. The molecule has 1 aromatic rings. The number of benzene rings is 1. The van der Waals surface area contributed by atoms with Gasteiger partial charge in [-0.25, -0.2) is 4.79 Å². The number of carbonyl (C=O) groups is 2. The SMILES string of the molecule is COc1cc(O)c2c(c1)C=CCCCC(=O)CCC[C@H](C)OC2=O. The molecule has 0 amide bonds. The summed E-state index contributed by atoms with van der Waals surface area (Å²) in [6.07, 6.45) is 7.26. The molecular weight excluding hydrogens is 308 g/mol. The number of ether oxygens (including phenoxy) is 2. The van der Waals surface area contributed by atoms with E-state index >= 15 is 0 Å². The van der Waals surface area contributed by atoms with Crippen LogP contribution in [0.2, 0.25) is 0 Å². The van der Waals surface area contributed by atoms with Crippen LogP contribution in [0.25, 0.3) is 6.08 Å². The van der Waals surface area contributed by atoms with Gasteiger partial charge in [0.05, 0.1) is 13.2 Å². The highest BCUT2D eigenvalue weighted by Crippen LogP contribution is 2.30. The summed E-state index contributed by atoms with van der Waals surface area (Å²) in [6, 6.07) is 3.09. The molecule has 0 spiro atoms. The van der Waals surface area contributed by atoms with Crippen molar-refractivity contribution in [3.8, 4) is 11.5 Å². The maximum absolute atomic E-state index is 12.4. The first-order valence-electron chi connectivity index (χ1n) is 8.31. The minimum absolute atomic E-state index is 0.145. The molecule has 0 aliphatic carbocycles. The lowest BCUT2D eigenvalue weighted by atomic mass is 10.0. The third-order valence-electron chi connectivity index (χ3n) is 4.06. The second-order valence-corrected chi connectivity index (χ2v) is 6.05. The molecule has 24 heavy (non-hydrogen) atoms. The van der Waals surface area contributed by atoms with Gasteiger partial charge in [-0.2, -0.15) is 0 Å². The lowest BCUT2D eigenvalue weighted by Gasteiger charge is -2.16. The number of ketones is 1. The highest BCUT2D eigenvalue weighted by molar-refractivity contribution is 5.97. The smallest absolute Gasteiger partial charge is 0.342 e. The molecule has 1 N–H and O–H groups in total. The van der Waals surface area contributed by atoms with Crippen LogP contribution in [0.3, 0.4) is 0 Å². The minimum Gasteiger partial charge on any atom is -0.507 e. The number of hydrogen-bond donors (Lipinski definition) is 1. The van der Waals surface area contributed by atoms with E-state index < -0.39 is 5.97 Å². The molecule has 0 saturated carbocycles. The van der Waals surface area contributed by atoms with E-state index in [2.05, 4.69) is 0 Å². The van der Waals surface area contributed by atoms with E-state index in [0.717, 1.165) is 12.8 Å². The van der Waals surface area contributed by atoms with Crippen molar-refractivity contribution in [3.63, 3.8) is 0 Å². The van der Waals surface area contributed by atoms with Gasteiger partial charge in [0.15, 0.2) is 0 Å². The molecule has 1 heterocycles. The van der Waals surface area contributed by atoms with Crippen LogP contribution in [-0.2, 0) is 9.53 Å². The van der Waals surface area contributed by atoms with Crippen molar-refractivity contribution in [1.29, 1.82) is 0 Å². The fraction of sp³-hybridized carbons (Fsp3) is 0.474. The van der Waals surface area contributed by atoms with Crippen molar-refractivity contribution >= 4 is 17.8 Å². The Balaban J connectivity index is 2.34. The summed E-state index contributed by atoms with van der Waals surface area (Å²) in [5.74, 6) is -0.00842. The maximum atomic E-state index is 12.4. The van der Waals surface area contributed by atoms with E-state index in [1.807, 2.05) is 6.08 Å². The number of allylic oxidation sites excluding steroid dienone is 1. The molecule has 1 aromatic carbocycles. The topological polar surface area (TPSA) is 72.8 Å². The van der Waals surface area contributed by atoms with Gasteiger partial charge in [0.1, 0.15) is 22.8 Å². The fourth-order valence-corrected chi connectivity index (χ4v) is 2.73. The Morgan fingerprint density at radius 2 is 1.96 bits per heavy atom. The lowest BCUT2D eigenvalue weighted by Crippen LogP contribution is -2.16. The van der Waals surface area contributed by atoms with E-state index in [1.165, 1.54) is 13.2 Å². The Bertz CT molecular complexity index is 633.